The molecule has 1 amide bonds. The van der Waals surface area contributed by atoms with Gasteiger partial charge in [-0.2, -0.15) is 0 Å². The number of carbonyl (C=O) groups excluding carboxylic acids is 1. The molecule has 0 aliphatic rings. The summed E-state index contributed by atoms with van der Waals surface area (Å²) in [5, 5.41) is 12.9. The van der Waals surface area contributed by atoms with Gasteiger partial charge in [-0.25, -0.2) is 15.0 Å². The van der Waals surface area contributed by atoms with E-state index in [4.69, 9.17) is 15.2 Å². The van der Waals surface area contributed by atoms with Crippen molar-refractivity contribution in [2.45, 2.75) is 20.5 Å². The number of anilines is 2. The second kappa shape index (κ2) is 9.13. The summed E-state index contributed by atoms with van der Waals surface area (Å²) in [4.78, 5) is 20.2. The van der Waals surface area contributed by atoms with Gasteiger partial charge in [0.2, 0.25) is 5.91 Å². The highest BCUT2D eigenvalue weighted by Gasteiger charge is 2.18. The number of aromatic nitrogens is 2. The van der Waals surface area contributed by atoms with Gasteiger partial charge >= 0.3 is 0 Å². The van der Waals surface area contributed by atoms with Crippen molar-refractivity contribution in [1.29, 1.82) is 0 Å². The first-order valence-corrected chi connectivity index (χ1v) is 10.3. The standard InChI is InChI=1S/C25H24N4O4/c1-15-5-4-6-20-23(15)25(28-16(2)27-20)29(31)19-11-12-21(32-3)22(13-19)33-14-17-7-9-18(10-8-17)24(26)30/h4-13,31H,14H2,1-3H3,(H2,26,30). The average molecular weight is 444 g/mol. The number of carbonyl (C=O) groups is 1. The Morgan fingerprint density at radius 2 is 1.79 bits per heavy atom. The SMILES string of the molecule is COc1ccc(N(O)c2nc(C)nc3cccc(C)c23)cc1OCc1ccc(C(N)=O)cc1. The topological polar surface area (TPSA) is 111 Å². The summed E-state index contributed by atoms with van der Waals surface area (Å²) in [7, 11) is 1.55. The monoisotopic (exact) mass is 444 g/mol. The molecule has 33 heavy (non-hydrogen) atoms. The second-order valence-corrected chi connectivity index (χ2v) is 7.56. The number of hydrogen-bond donors (Lipinski definition) is 2. The Balaban J connectivity index is 1.65. The zero-order chi connectivity index (χ0) is 23.5. The van der Waals surface area contributed by atoms with Crippen LogP contribution in [0.5, 0.6) is 11.5 Å². The third-order valence-electron chi connectivity index (χ3n) is 5.25. The molecule has 0 aliphatic carbocycles. The van der Waals surface area contributed by atoms with Crippen LogP contribution in [0.4, 0.5) is 11.5 Å². The lowest BCUT2D eigenvalue weighted by molar-refractivity contribution is 0.1000. The van der Waals surface area contributed by atoms with E-state index in [1.807, 2.05) is 25.1 Å². The molecule has 8 heteroatoms. The number of hydrogen-bond acceptors (Lipinski definition) is 7. The molecule has 0 atom stereocenters. The number of ether oxygens (including phenoxy) is 2. The predicted molar refractivity (Wildman–Crippen MR) is 125 cm³/mol. The van der Waals surface area contributed by atoms with Crippen LogP contribution in [0.3, 0.4) is 0 Å². The third kappa shape index (κ3) is 4.56. The lowest BCUT2D eigenvalue weighted by Gasteiger charge is -2.20. The molecule has 0 saturated carbocycles. The van der Waals surface area contributed by atoms with E-state index in [2.05, 4.69) is 9.97 Å². The molecule has 0 unspecified atom stereocenters. The Morgan fingerprint density at radius 1 is 1.03 bits per heavy atom. The Labute approximate surface area is 191 Å². The van der Waals surface area contributed by atoms with Crippen LogP contribution in [-0.4, -0.2) is 28.2 Å². The molecule has 0 saturated heterocycles. The van der Waals surface area contributed by atoms with Crippen molar-refractivity contribution < 1.29 is 19.5 Å². The highest BCUT2D eigenvalue weighted by Crippen LogP contribution is 2.36. The van der Waals surface area contributed by atoms with Crippen LogP contribution in [0.25, 0.3) is 10.9 Å². The number of aryl methyl sites for hydroxylation is 2. The molecule has 0 fully saturated rings. The molecule has 0 spiro atoms. The van der Waals surface area contributed by atoms with Crippen molar-refractivity contribution in [3.8, 4) is 11.5 Å². The number of benzene rings is 3. The minimum Gasteiger partial charge on any atom is -0.493 e. The molecule has 0 radical (unpaired) electrons. The van der Waals surface area contributed by atoms with E-state index >= 15 is 0 Å². The highest BCUT2D eigenvalue weighted by molar-refractivity contribution is 5.94. The number of amides is 1. The van der Waals surface area contributed by atoms with Gasteiger partial charge in [0.15, 0.2) is 17.3 Å². The highest BCUT2D eigenvalue weighted by atomic mass is 16.5. The van der Waals surface area contributed by atoms with Crippen LogP contribution in [0.2, 0.25) is 0 Å². The van der Waals surface area contributed by atoms with Crippen LogP contribution in [-0.2, 0) is 6.61 Å². The quantitative estimate of drug-likeness (QED) is 0.405. The van der Waals surface area contributed by atoms with E-state index in [9.17, 15) is 10.0 Å². The number of methoxy groups -OCH3 is 1. The number of nitrogens with two attached hydrogens (primary N) is 1. The van der Waals surface area contributed by atoms with Gasteiger partial charge in [0, 0.05) is 17.0 Å². The van der Waals surface area contributed by atoms with Crippen LogP contribution < -0.4 is 20.3 Å². The van der Waals surface area contributed by atoms with Crippen LogP contribution in [0.1, 0.15) is 27.3 Å². The first kappa shape index (κ1) is 22.0. The molecule has 0 bridgehead atoms. The predicted octanol–water partition coefficient (Wildman–Crippen LogP) is 4.46. The fraction of sp³-hybridized carbons (Fsp3) is 0.160. The van der Waals surface area contributed by atoms with Crippen molar-refractivity contribution in [1.82, 2.24) is 9.97 Å². The Kier molecular flexibility index (Phi) is 6.10. The van der Waals surface area contributed by atoms with Crippen LogP contribution >= 0.6 is 0 Å². The summed E-state index contributed by atoms with van der Waals surface area (Å²) >= 11 is 0. The van der Waals surface area contributed by atoms with Gasteiger partial charge in [0.05, 0.1) is 18.3 Å². The molecule has 3 aromatic carbocycles. The first-order valence-electron chi connectivity index (χ1n) is 10.3. The van der Waals surface area contributed by atoms with Gasteiger partial charge in [0.1, 0.15) is 12.4 Å². The van der Waals surface area contributed by atoms with Gasteiger partial charge in [-0.05, 0) is 55.3 Å². The van der Waals surface area contributed by atoms with Gasteiger partial charge in [-0.1, -0.05) is 24.3 Å². The second-order valence-electron chi connectivity index (χ2n) is 7.56. The molecule has 1 heterocycles. The molecular weight excluding hydrogens is 420 g/mol. The van der Waals surface area contributed by atoms with E-state index in [1.165, 1.54) is 0 Å². The Hall–Kier alpha value is -4.17. The molecule has 168 valence electrons. The van der Waals surface area contributed by atoms with Crippen molar-refractivity contribution in [2.75, 3.05) is 12.2 Å². The summed E-state index contributed by atoms with van der Waals surface area (Å²) in [6.45, 7) is 3.97. The molecule has 1 aromatic heterocycles. The number of fused-ring (bicyclic) bond motifs is 1. The largest absolute Gasteiger partial charge is 0.493 e. The minimum atomic E-state index is -0.484. The fourth-order valence-electron chi connectivity index (χ4n) is 3.56. The van der Waals surface area contributed by atoms with Crippen LogP contribution in [0, 0.1) is 13.8 Å². The summed E-state index contributed by atoms with van der Waals surface area (Å²) in [5.74, 6) is 1.41. The smallest absolute Gasteiger partial charge is 0.248 e. The van der Waals surface area contributed by atoms with E-state index in [-0.39, 0.29) is 6.61 Å². The molecule has 3 N–H and O–H groups in total. The third-order valence-corrected chi connectivity index (χ3v) is 5.25. The fourth-order valence-corrected chi connectivity index (χ4v) is 3.56. The van der Waals surface area contributed by atoms with Gasteiger partial charge in [-0.3, -0.25) is 10.0 Å². The van der Waals surface area contributed by atoms with Gasteiger partial charge in [0.25, 0.3) is 0 Å². The zero-order valence-corrected chi connectivity index (χ0v) is 18.6. The van der Waals surface area contributed by atoms with E-state index < -0.39 is 5.91 Å². The van der Waals surface area contributed by atoms with Crippen molar-refractivity contribution in [2.24, 2.45) is 5.73 Å². The maximum atomic E-state index is 11.3. The number of nitrogens with zero attached hydrogens (tertiary/aromatic N) is 3. The average Bonchev–Trinajstić information content (AvgIpc) is 2.81. The normalized spacial score (nSPS) is 10.8. The lowest BCUT2D eigenvalue weighted by Crippen LogP contribution is -2.14. The molecular formula is C25H24N4O4. The molecule has 4 aromatic rings. The van der Waals surface area contributed by atoms with E-state index in [1.54, 1.807) is 56.5 Å². The van der Waals surface area contributed by atoms with Crippen molar-refractivity contribution in [3.63, 3.8) is 0 Å². The Bertz CT molecular complexity index is 1320. The number of primary amides is 1. The zero-order valence-electron chi connectivity index (χ0n) is 18.6. The van der Waals surface area contributed by atoms with E-state index in [0.717, 1.165) is 27.1 Å². The summed E-state index contributed by atoms with van der Waals surface area (Å²) in [6, 6.07) is 17.7. The molecule has 8 nitrogen and oxygen atoms in total. The van der Waals surface area contributed by atoms with Crippen LogP contribution in [0.15, 0.2) is 60.7 Å². The molecule has 4 rings (SSSR count). The van der Waals surface area contributed by atoms with Crippen molar-refractivity contribution in [3.05, 3.63) is 83.2 Å². The summed E-state index contributed by atoms with van der Waals surface area (Å²) in [5.41, 5.74) is 8.72. The van der Waals surface area contributed by atoms with E-state index in [0.29, 0.717) is 34.4 Å². The maximum absolute atomic E-state index is 11.3. The Morgan fingerprint density at radius 3 is 2.48 bits per heavy atom. The maximum Gasteiger partial charge on any atom is 0.248 e. The van der Waals surface area contributed by atoms with Gasteiger partial charge < -0.3 is 15.2 Å². The van der Waals surface area contributed by atoms with Crippen molar-refractivity contribution >= 4 is 28.3 Å². The lowest BCUT2D eigenvalue weighted by atomic mass is 10.1. The summed E-state index contributed by atoms with van der Waals surface area (Å²) < 4.78 is 11.4. The van der Waals surface area contributed by atoms with Gasteiger partial charge in [-0.15, -0.1) is 0 Å². The first-order chi connectivity index (χ1) is 15.9. The number of rotatable bonds is 7. The molecule has 0 aliphatic heterocycles. The summed E-state index contributed by atoms with van der Waals surface area (Å²) in [6.07, 6.45) is 0. The minimum absolute atomic E-state index is 0.235.